The van der Waals surface area contributed by atoms with Crippen molar-refractivity contribution in [1.29, 1.82) is 5.26 Å². The van der Waals surface area contributed by atoms with Crippen LogP contribution in [0, 0.1) is 16.5 Å². The SMILES string of the molecule is CC(C)(C)[Si](C)(C)Oc1ccc(C#N)cc1CN1CC[C@H](NS(=O)(=O)c2ccc(-c3ccc[n+]([O-])c3)s2)C1=O. The van der Waals surface area contributed by atoms with E-state index >= 15 is 0 Å². The quantitative estimate of drug-likeness (QED) is 0.238. The van der Waals surface area contributed by atoms with Crippen LogP contribution < -0.4 is 13.9 Å². The fourth-order valence-electron chi connectivity index (χ4n) is 3.98. The molecule has 1 aliphatic heterocycles. The summed E-state index contributed by atoms with van der Waals surface area (Å²) in [5.41, 5.74) is 1.79. The molecule has 0 unspecified atom stereocenters. The molecule has 4 rings (SSSR count). The van der Waals surface area contributed by atoms with E-state index in [4.69, 9.17) is 4.43 Å². The third kappa shape index (κ3) is 6.33. The molecule has 1 amide bonds. The number of amides is 1. The van der Waals surface area contributed by atoms with E-state index in [1.54, 1.807) is 41.3 Å². The number of rotatable bonds is 8. The van der Waals surface area contributed by atoms with Gasteiger partial charge in [0.15, 0.2) is 12.4 Å². The second kappa shape index (κ2) is 10.7. The molecule has 0 spiro atoms. The summed E-state index contributed by atoms with van der Waals surface area (Å²) >= 11 is 1.03. The number of sulfonamides is 1. The molecule has 2 aromatic heterocycles. The molecule has 0 aliphatic carbocycles. The zero-order valence-corrected chi connectivity index (χ0v) is 25.2. The molecule has 3 aromatic rings. The molecule has 206 valence electrons. The molecular weight excluding hydrogens is 553 g/mol. The first-order valence-electron chi connectivity index (χ1n) is 12.5. The Morgan fingerprint density at radius 2 is 2.00 bits per heavy atom. The van der Waals surface area contributed by atoms with Crippen LogP contribution in [0.1, 0.15) is 38.3 Å². The van der Waals surface area contributed by atoms with E-state index in [9.17, 15) is 23.7 Å². The molecule has 3 heterocycles. The van der Waals surface area contributed by atoms with Crippen LogP contribution in [0.3, 0.4) is 0 Å². The summed E-state index contributed by atoms with van der Waals surface area (Å²) in [6.45, 7) is 11.3. The summed E-state index contributed by atoms with van der Waals surface area (Å²) in [4.78, 5) is 15.5. The number of nitrogens with one attached hydrogen (secondary N) is 1. The van der Waals surface area contributed by atoms with E-state index in [1.807, 2.05) is 0 Å². The van der Waals surface area contributed by atoms with Crippen molar-refractivity contribution >= 4 is 35.6 Å². The van der Waals surface area contributed by atoms with E-state index < -0.39 is 24.4 Å². The van der Waals surface area contributed by atoms with Gasteiger partial charge in [0.25, 0.3) is 10.0 Å². The molecule has 39 heavy (non-hydrogen) atoms. The van der Waals surface area contributed by atoms with Crippen molar-refractivity contribution in [2.75, 3.05) is 6.54 Å². The van der Waals surface area contributed by atoms with Gasteiger partial charge in [-0.05, 0) is 61.0 Å². The minimum atomic E-state index is -3.96. The Bertz CT molecular complexity index is 1540. The summed E-state index contributed by atoms with van der Waals surface area (Å²) in [6.07, 6.45) is 3.05. The lowest BCUT2D eigenvalue weighted by Gasteiger charge is -2.37. The van der Waals surface area contributed by atoms with Gasteiger partial charge >= 0.3 is 0 Å². The van der Waals surface area contributed by atoms with Gasteiger partial charge < -0.3 is 14.5 Å². The molecular formula is C27H32N4O5S2Si. The fraction of sp³-hybridized carbons (Fsp3) is 0.370. The van der Waals surface area contributed by atoms with Crippen LogP contribution in [-0.4, -0.2) is 40.1 Å². The number of nitrogens with zero attached hydrogens (tertiary/aromatic N) is 3. The monoisotopic (exact) mass is 584 g/mol. The Balaban J connectivity index is 1.50. The van der Waals surface area contributed by atoms with Gasteiger partial charge in [0.2, 0.25) is 14.2 Å². The van der Waals surface area contributed by atoms with Crippen LogP contribution >= 0.6 is 11.3 Å². The van der Waals surface area contributed by atoms with E-state index in [-0.39, 0.29) is 21.7 Å². The first kappa shape index (κ1) is 28.8. The van der Waals surface area contributed by atoms with Crippen LogP contribution in [0.15, 0.2) is 59.1 Å². The van der Waals surface area contributed by atoms with Gasteiger partial charge in [-0.2, -0.15) is 14.7 Å². The number of nitriles is 1. The second-order valence-electron chi connectivity index (χ2n) is 11.1. The molecule has 1 saturated heterocycles. The maximum Gasteiger partial charge on any atom is 0.250 e. The zero-order valence-electron chi connectivity index (χ0n) is 22.6. The Morgan fingerprint density at radius 1 is 1.26 bits per heavy atom. The Hall–Kier alpha value is -3.24. The number of likely N-dealkylation sites (tertiary alicyclic amines) is 1. The summed E-state index contributed by atoms with van der Waals surface area (Å²) in [5, 5.41) is 21.0. The van der Waals surface area contributed by atoms with E-state index in [0.717, 1.165) is 16.9 Å². The molecule has 1 aliphatic rings. The molecule has 1 aromatic carbocycles. The van der Waals surface area contributed by atoms with Gasteiger partial charge in [0.05, 0.1) is 17.2 Å². The number of thiophene rings is 1. The highest BCUT2D eigenvalue weighted by Crippen LogP contribution is 2.39. The number of hydrogen-bond donors (Lipinski definition) is 1. The van der Waals surface area contributed by atoms with E-state index in [0.29, 0.717) is 39.4 Å². The summed E-state index contributed by atoms with van der Waals surface area (Å²) < 4.78 is 36.0. The average molecular weight is 585 g/mol. The standard InChI is InChI=1S/C27H32N4O5S2Si/c1-27(2,3)39(4,5)36-23-9-8-19(16-28)15-21(23)17-30-14-12-22(26(30)32)29-38(34,35)25-11-10-24(37-25)20-7-6-13-31(33)18-20/h6-11,13,15,18,22,29H,12,14,17H2,1-5H3/t22-/m0/s1. The van der Waals surface area contributed by atoms with Crippen molar-refractivity contribution in [3.05, 3.63) is 71.2 Å². The van der Waals surface area contributed by atoms with E-state index in [2.05, 4.69) is 44.7 Å². The predicted molar refractivity (Wildman–Crippen MR) is 152 cm³/mol. The Labute approximate surface area is 234 Å². The third-order valence-electron chi connectivity index (χ3n) is 7.22. The number of pyridine rings is 1. The Morgan fingerprint density at radius 3 is 2.67 bits per heavy atom. The van der Waals surface area contributed by atoms with Gasteiger partial charge in [-0.1, -0.05) is 20.8 Å². The number of carbonyl (C=O) groups is 1. The van der Waals surface area contributed by atoms with Crippen molar-refractivity contribution in [3.63, 3.8) is 0 Å². The third-order valence-corrected chi connectivity index (χ3v) is 14.7. The van der Waals surface area contributed by atoms with Gasteiger partial charge in [-0.15, -0.1) is 11.3 Å². The molecule has 12 heteroatoms. The lowest BCUT2D eigenvalue weighted by molar-refractivity contribution is -0.604. The minimum absolute atomic E-state index is 0.0384. The van der Waals surface area contributed by atoms with Crippen molar-refractivity contribution in [2.45, 2.75) is 62.1 Å². The van der Waals surface area contributed by atoms with Crippen molar-refractivity contribution in [1.82, 2.24) is 9.62 Å². The van der Waals surface area contributed by atoms with Crippen LogP contribution in [0.25, 0.3) is 10.4 Å². The zero-order chi connectivity index (χ0) is 28.6. The number of benzene rings is 1. The molecule has 1 fully saturated rings. The van der Waals surface area contributed by atoms with Crippen LogP contribution in [0.5, 0.6) is 5.75 Å². The number of aromatic nitrogens is 1. The van der Waals surface area contributed by atoms with Crippen molar-refractivity contribution in [2.24, 2.45) is 0 Å². The number of carbonyl (C=O) groups excluding carboxylic acids is 1. The first-order chi connectivity index (χ1) is 18.2. The molecule has 0 radical (unpaired) electrons. The summed E-state index contributed by atoms with van der Waals surface area (Å²) in [6, 6.07) is 12.9. The lowest BCUT2D eigenvalue weighted by Crippen LogP contribution is -2.44. The topological polar surface area (TPSA) is 126 Å². The van der Waals surface area contributed by atoms with E-state index in [1.165, 1.54) is 18.5 Å². The largest absolute Gasteiger partial charge is 0.619 e. The Kier molecular flexibility index (Phi) is 7.91. The predicted octanol–water partition coefficient (Wildman–Crippen LogP) is 4.38. The average Bonchev–Trinajstić information content (AvgIpc) is 3.48. The lowest BCUT2D eigenvalue weighted by atomic mass is 10.1. The molecule has 0 bridgehead atoms. The molecule has 0 saturated carbocycles. The highest BCUT2D eigenvalue weighted by Gasteiger charge is 2.40. The maximum atomic E-state index is 13.3. The normalized spacial score (nSPS) is 16.4. The first-order valence-corrected chi connectivity index (χ1v) is 17.7. The fourth-order valence-corrected chi connectivity index (χ4v) is 7.57. The van der Waals surface area contributed by atoms with Crippen molar-refractivity contribution in [3.8, 4) is 22.3 Å². The van der Waals surface area contributed by atoms with Crippen LogP contribution in [0.2, 0.25) is 18.1 Å². The molecule has 1 atom stereocenters. The molecule has 9 nitrogen and oxygen atoms in total. The van der Waals surface area contributed by atoms with Crippen LogP contribution in [0.4, 0.5) is 0 Å². The molecule has 1 N–H and O–H groups in total. The maximum absolute atomic E-state index is 13.3. The number of hydrogen-bond acceptors (Lipinski definition) is 7. The highest BCUT2D eigenvalue weighted by molar-refractivity contribution is 7.91. The second-order valence-corrected chi connectivity index (χ2v) is 18.8. The highest BCUT2D eigenvalue weighted by atomic mass is 32.2. The smallest absolute Gasteiger partial charge is 0.250 e. The minimum Gasteiger partial charge on any atom is -0.619 e. The summed E-state index contributed by atoms with van der Waals surface area (Å²) in [5.74, 6) is 0.315. The van der Waals surface area contributed by atoms with Crippen molar-refractivity contribution < 1.29 is 22.4 Å². The van der Waals surface area contributed by atoms with Crippen LogP contribution in [-0.2, 0) is 21.4 Å². The van der Waals surface area contributed by atoms with Gasteiger partial charge in [0.1, 0.15) is 16.0 Å². The van der Waals surface area contributed by atoms with Gasteiger partial charge in [0, 0.05) is 29.6 Å². The van der Waals surface area contributed by atoms with Gasteiger partial charge in [-0.25, -0.2) is 8.42 Å². The van der Waals surface area contributed by atoms with Gasteiger partial charge in [-0.3, -0.25) is 4.79 Å². The summed E-state index contributed by atoms with van der Waals surface area (Å²) in [7, 11) is -6.14.